The van der Waals surface area contributed by atoms with E-state index in [2.05, 4.69) is 4.98 Å². The number of benzene rings is 1. The molecule has 2 aromatic rings. The number of aromatic amines is 1. The topological polar surface area (TPSA) is 79.2 Å². The lowest BCUT2D eigenvalue weighted by Crippen LogP contribution is -2.27. The van der Waals surface area contributed by atoms with E-state index in [4.69, 9.17) is 18.0 Å². The molecule has 1 aromatic carbocycles. The van der Waals surface area contributed by atoms with Gasteiger partial charge >= 0.3 is 0 Å². The van der Waals surface area contributed by atoms with Gasteiger partial charge in [-0.2, -0.15) is 0 Å². The molecule has 0 aliphatic carbocycles. The first-order valence-corrected chi connectivity index (χ1v) is 6.26. The predicted molar refractivity (Wildman–Crippen MR) is 82.1 cm³/mol. The fourth-order valence-electron chi connectivity index (χ4n) is 1.72. The first kappa shape index (κ1) is 14.0. The molecule has 1 amide bonds. The van der Waals surface area contributed by atoms with E-state index in [1.54, 1.807) is 31.3 Å². The lowest BCUT2D eigenvalue weighted by atomic mass is 10.1. The number of nitrogens with two attached hydrogens (primary N) is 1. The smallest absolute Gasteiger partial charge is 0.259 e. The molecule has 20 heavy (non-hydrogen) atoms. The molecule has 3 N–H and O–H groups in total. The molecule has 5 nitrogen and oxygen atoms in total. The minimum Gasteiger partial charge on any atom is -0.389 e. The quantitative estimate of drug-likeness (QED) is 0.834. The van der Waals surface area contributed by atoms with Gasteiger partial charge in [-0.25, -0.2) is 0 Å². The number of nitrogens with one attached hydrogen (secondary N) is 1. The Morgan fingerprint density at radius 1 is 1.25 bits per heavy atom. The number of hydrogen-bond donors (Lipinski definition) is 2. The summed E-state index contributed by atoms with van der Waals surface area (Å²) >= 11 is 4.92. The fraction of sp³-hybridized carbons (Fsp3) is 0.0714. The minimum absolute atomic E-state index is 0.235. The lowest BCUT2D eigenvalue weighted by molar-refractivity contribution is 0.0992. The zero-order valence-electron chi connectivity index (χ0n) is 10.8. The molecule has 0 atom stereocenters. The van der Waals surface area contributed by atoms with Gasteiger partial charge in [0.2, 0.25) is 5.56 Å². The maximum absolute atomic E-state index is 12.3. The van der Waals surface area contributed by atoms with Crippen LogP contribution < -0.4 is 16.2 Å². The third kappa shape index (κ3) is 2.92. The molecule has 0 aliphatic heterocycles. The van der Waals surface area contributed by atoms with E-state index < -0.39 is 0 Å². The Hall–Kier alpha value is -2.47. The van der Waals surface area contributed by atoms with Crippen LogP contribution in [0.2, 0.25) is 0 Å². The molecule has 0 saturated heterocycles. The summed E-state index contributed by atoms with van der Waals surface area (Å²) in [4.78, 5) is 27.5. The number of anilines is 1. The number of rotatable bonds is 3. The van der Waals surface area contributed by atoms with Crippen LogP contribution in [0.15, 0.2) is 47.4 Å². The molecule has 102 valence electrons. The molecule has 0 aliphatic rings. The van der Waals surface area contributed by atoms with Crippen molar-refractivity contribution in [3.63, 3.8) is 0 Å². The van der Waals surface area contributed by atoms with Crippen LogP contribution in [0.25, 0.3) is 0 Å². The predicted octanol–water partition coefficient (Wildman–Crippen LogP) is 1.29. The first-order chi connectivity index (χ1) is 9.49. The van der Waals surface area contributed by atoms with E-state index in [0.717, 1.165) is 0 Å². The zero-order chi connectivity index (χ0) is 14.7. The Morgan fingerprint density at radius 2 is 2.00 bits per heavy atom. The summed E-state index contributed by atoms with van der Waals surface area (Å²) in [6, 6.07) is 9.88. The van der Waals surface area contributed by atoms with Crippen LogP contribution in [0.3, 0.4) is 0 Å². The third-order valence-corrected chi connectivity index (χ3v) is 3.09. The highest BCUT2D eigenvalue weighted by Crippen LogP contribution is 2.17. The van der Waals surface area contributed by atoms with Gasteiger partial charge in [-0.3, -0.25) is 9.59 Å². The van der Waals surface area contributed by atoms with Crippen molar-refractivity contribution in [3.05, 3.63) is 64.1 Å². The van der Waals surface area contributed by atoms with Crippen molar-refractivity contribution in [2.24, 2.45) is 5.73 Å². The molecule has 6 heteroatoms. The number of pyridine rings is 1. The number of carbonyl (C=O) groups excluding carboxylic acids is 1. The number of amides is 1. The third-order valence-electron chi connectivity index (χ3n) is 2.85. The van der Waals surface area contributed by atoms with Gasteiger partial charge in [-0.15, -0.1) is 0 Å². The summed E-state index contributed by atoms with van der Waals surface area (Å²) < 4.78 is 0. The molecule has 0 fully saturated rings. The second-order valence-corrected chi connectivity index (χ2v) is 4.66. The number of aromatic nitrogens is 1. The molecule has 0 spiro atoms. The van der Waals surface area contributed by atoms with Gasteiger partial charge in [0, 0.05) is 30.6 Å². The van der Waals surface area contributed by atoms with Crippen LogP contribution in [-0.2, 0) is 0 Å². The first-order valence-electron chi connectivity index (χ1n) is 5.85. The van der Waals surface area contributed by atoms with E-state index in [0.29, 0.717) is 16.8 Å². The van der Waals surface area contributed by atoms with Crippen LogP contribution in [-0.4, -0.2) is 22.9 Å². The number of nitrogens with zero attached hydrogens (tertiary/aromatic N) is 1. The molecule has 0 saturated carbocycles. The van der Waals surface area contributed by atoms with Crippen molar-refractivity contribution in [1.29, 1.82) is 0 Å². The van der Waals surface area contributed by atoms with Crippen LogP contribution in [0, 0.1) is 0 Å². The molecular weight excluding hydrogens is 274 g/mol. The van der Waals surface area contributed by atoms with Gasteiger partial charge in [0.05, 0.1) is 5.56 Å². The highest BCUT2D eigenvalue weighted by atomic mass is 32.1. The van der Waals surface area contributed by atoms with E-state index in [1.807, 2.05) is 0 Å². The summed E-state index contributed by atoms with van der Waals surface area (Å²) in [5.41, 5.74) is 7.09. The zero-order valence-corrected chi connectivity index (χ0v) is 11.6. The highest BCUT2D eigenvalue weighted by Gasteiger charge is 2.14. The van der Waals surface area contributed by atoms with Crippen molar-refractivity contribution >= 4 is 28.8 Å². The van der Waals surface area contributed by atoms with Crippen molar-refractivity contribution in [3.8, 4) is 0 Å². The van der Waals surface area contributed by atoms with Crippen molar-refractivity contribution < 1.29 is 4.79 Å². The fourth-order valence-corrected chi connectivity index (χ4v) is 1.85. The number of carbonyl (C=O) groups is 1. The molecule has 1 aromatic heterocycles. The van der Waals surface area contributed by atoms with Gasteiger partial charge in [0.25, 0.3) is 5.91 Å². The van der Waals surface area contributed by atoms with Gasteiger partial charge in [-0.05, 0) is 18.2 Å². The summed E-state index contributed by atoms with van der Waals surface area (Å²) in [5.74, 6) is -0.235. The van der Waals surface area contributed by atoms with Crippen LogP contribution in [0.4, 0.5) is 5.69 Å². The Balaban J connectivity index is 2.31. The normalized spacial score (nSPS) is 10.1. The molecule has 0 bridgehead atoms. The van der Waals surface area contributed by atoms with Gasteiger partial charge in [0.1, 0.15) is 4.99 Å². The largest absolute Gasteiger partial charge is 0.389 e. The summed E-state index contributed by atoms with van der Waals surface area (Å²) in [7, 11) is 1.64. The SMILES string of the molecule is CN(C(=O)c1ccc(=O)[nH]c1)c1cccc(C(N)=S)c1. The molecule has 1 heterocycles. The van der Waals surface area contributed by atoms with Crippen LogP contribution in [0.1, 0.15) is 15.9 Å². The summed E-state index contributed by atoms with van der Waals surface area (Å²) in [5, 5.41) is 0. The summed E-state index contributed by atoms with van der Waals surface area (Å²) in [6.45, 7) is 0. The van der Waals surface area contributed by atoms with Gasteiger partial charge < -0.3 is 15.6 Å². The molecule has 0 unspecified atom stereocenters. The Labute approximate surface area is 121 Å². The van der Waals surface area contributed by atoms with E-state index >= 15 is 0 Å². The minimum atomic E-state index is -0.250. The number of hydrogen-bond acceptors (Lipinski definition) is 3. The number of thiocarbonyl (C=S) groups is 1. The van der Waals surface area contributed by atoms with Crippen LogP contribution in [0.5, 0.6) is 0 Å². The Kier molecular flexibility index (Phi) is 3.95. The number of H-pyrrole nitrogens is 1. The highest BCUT2D eigenvalue weighted by molar-refractivity contribution is 7.80. The van der Waals surface area contributed by atoms with E-state index in [9.17, 15) is 9.59 Å². The maximum Gasteiger partial charge on any atom is 0.259 e. The van der Waals surface area contributed by atoms with Gasteiger partial charge in [-0.1, -0.05) is 24.4 Å². The average molecular weight is 287 g/mol. The monoisotopic (exact) mass is 287 g/mol. The second kappa shape index (κ2) is 5.66. The molecule has 0 radical (unpaired) electrons. The van der Waals surface area contributed by atoms with Crippen molar-refractivity contribution in [2.45, 2.75) is 0 Å². The van der Waals surface area contributed by atoms with Crippen molar-refractivity contribution in [1.82, 2.24) is 4.98 Å². The van der Waals surface area contributed by atoms with E-state index in [-0.39, 0.29) is 16.5 Å². The Bertz CT molecular complexity index is 704. The standard InChI is InChI=1S/C14H13N3O2S/c1-17(11-4-2-3-9(7-11)13(15)20)14(19)10-5-6-12(18)16-8-10/h2-8H,1H3,(H2,15,20)(H,16,18). The summed E-state index contributed by atoms with van der Waals surface area (Å²) in [6.07, 6.45) is 1.39. The van der Waals surface area contributed by atoms with Crippen molar-refractivity contribution in [2.75, 3.05) is 11.9 Å². The maximum atomic E-state index is 12.3. The molecule has 2 rings (SSSR count). The molecular formula is C14H13N3O2S. The average Bonchev–Trinajstić information content (AvgIpc) is 2.46. The lowest BCUT2D eigenvalue weighted by Gasteiger charge is -2.18. The van der Waals surface area contributed by atoms with E-state index in [1.165, 1.54) is 23.2 Å². The Morgan fingerprint density at radius 3 is 2.60 bits per heavy atom. The van der Waals surface area contributed by atoms with Gasteiger partial charge in [0.15, 0.2) is 0 Å². The van der Waals surface area contributed by atoms with Crippen LogP contribution >= 0.6 is 12.2 Å². The second-order valence-electron chi connectivity index (χ2n) is 4.22.